The molecule has 20 heavy (non-hydrogen) atoms. The highest BCUT2D eigenvalue weighted by molar-refractivity contribution is 7.87. The third-order valence-electron chi connectivity index (χ3n) is 2.81. The van der Waals surface area contributed by atoms with Crippen LogP contribution in [0.2, 0.25) is 0 Å². The van der Waals surface area contributed by atoms with Gasteiger partial charge in [0.2, 0.25) is 0 Å². The maximum absolute atomic E-state index is 12.0. The summed E-state index contributed by atoms with van der Waals surface area (Å²) in [5, 5.41) is 3.03. The molecule has 1 aromatic rings. The van der Waals surface area contributed by atoms with Crippen LogP contribution in [-0.2, 0) is 16.6 Å². The molecule has 1 unspecified atom stereocenters. The average molecular weight is 309 g/mol. The molecule has 0 saturated carbocycles. The van der Waals surface area contributed by atoms with Crippen molar-refractivity contribution in [3.05, 3.63) is 29.8 Å². The number of fused-ring (bicyclic) bond motifs is 1. The number of halogens is 3. The van der Waals surface area contributed by atoms with Gasteiger partial charge in [0.05, 0.1) is 0 Å². The van der Waals surface area contributed by atoms with Gasteiger partial charge in [-0.3, -0.25) is 0 Å². The Bertz CT molecular complexity index is 575. The van der Waals surface area contributed by atoms with Gasteiger partial charge in [0.15, 0.2) is 0 Å². The van der Waals surface area contributed by atoms with Crippen LogP contribution >= 0.6 is 0 Å². The summed E-state index contributed by atoms with van der Waals surface area (Å²) in [7, 11) is -4.18. The predicted molar refractivity (Wildman–Crippen MR) is 68.5 cm³/mol. The van der Waals surface area contributed by atoms with Crippen LogP contribution in [0.4, 0.5) is 18.9 Å². The molecule has 0 bridgehead atoms. The van der Waals surface area contributed by atoms with Gasteiger partial charge in [-0.2, -0.15) is 31.0 Å². The second kappa shape index (κ2) is 5.58. The zero-order valence-corrected chi connectivity index (χ0v) is 11.2. The second-order valence-electron chi connectivity index (χ2n) is 4.50. The minimum Gasteiger partial charge on any atom is -0.383 e. The summed E-state index contributed by atoms with van der Waals surface area (Å²) in [5.41, 5.74) is 1.83. The van der Waals surface area contributed by atoms with Crippen LogP contribution in [0.1, 0.15) is 5.56 Å². The van der Waals surface area contributed by atoms with Gasteiger partial charge in [-0.05, 0) is 18.1 Å². The van der Waals surface area contributed by atoms with Crippen molar-refractivity contribution >= 4 is 15.9 Å². The van der Waals surface area contributed by atoms with E-state index in [2.05, 4.69) is 10.0 Å². The number of rotatable bonds is 4. The average Bonchev–Trinajstić information content (AvgIpc) is 2.35. The maximum Gasteiger partial charge on any atom is 0.402 e. The van der Waals surface area contributed by atoms with Crippen molar-refractivity contribution in [1.29, 1.82) is 0 Å². The molecule has 112 valence electrons. The number of anilines is 1. The van der Waals surface area contributed by atoms with Crippen molar-refractivity contribution in [2.45, 2.75) is 18.6 Å². The van der Waals surface area contributed by atoms with Crippen molar-refractivity contribution in [2.24, 2.45) is 0 Å². The van der Waals surface area contributed by atoms with Crippen molar-refractivity contribution in [2.75, 3.05) is 18.4 Å². The van der Waals surface area contributed by atoms with E-state index in [0.29, 0.717) is 13.0 Å². The topological polar surface area (TPSA) is 70.2 Å². The molecule has 3 N–H and O–H groups in total. The smallest absolute Gasteiger partial charge is 0.383 e. The number of benzene rings is 1. The SMILES string of the molecule is O=S(=O)(NCC(F)(F)F)NC1CNc2ccccc2C1. The molecule has 1 atom stereocenters. The lowest BCUT2D eigenvalue weighted by molar-refractivity contribution is -0.121. The maximum atomic E-state index is 12.0. The minimum atomic E-state index is -4.58. The van der Waals surface area contributed by atoms with E-state index in [-0.39, 0.29) is 0 Å². The molecule has 9 heteroatoms. The lowest BCUT2D eigenvalue weighted by Crippen LogP contribution is -2.49. The van der Waals surface area contributed by atoms with Gasteiger partial charge < -0.3 is 5.32 Å². The van der Waals surface area contributed by atoms with E-state index >= 15 is 0 Å². The fourth-order valence-corrected chi connectivity index (χ4v) is 3.01. The Hall–Kier alpha value is -1.32. The van der Waals surface area contributed by atoms with Gasteiger partial charge in [0, 0.05) is 18.3 Å². The van der Waals surface area contributed by atoms with Crippen molar-refractivity contribution in [1.82, 2.24) is 9.44 Å². The first kappa shape index (κ1) is 15.1. The molecule has 1 aromatic carbocycles. The van der Waals surface area contributed by atoms with E-state index in [4.69, 9.17) is 0 Å². The molecule has 2 rings (SSSR count). The first-order chi connectivity index (χ1) is 9.25. The lowest BCUT2D eigenvalue weighted by Gasteiger charge is -2.26. The quantitative estimate of drug-likeness (QED) is 0.777. The first-order valence-corrected chi connectivity index (χ1v) is 7.39. The summed E-state index contributed by atoms with van der Waals surface area (Å²) in [6, 6.07) is 6.88. The van der Waals surface area contributed by atoms with E-state index in [1.807, 2.05) is 24.3 Å². The highest BCUT2D eigenvalue weighted by Crippen LogP contribution is 2.21. The normalized spacial score (nSPS) is 19.2. The predicted octanol–water partition coefficient (Wildman–Crippen LogP) is 1.01. The van der Waals surface area contributed by atoms with Crippen LogP contribution in [-0.4, -0.2) is 33.7 Å². The van der Waals surface area contributed by atoms with Crippen LogP contribution in [0.3, 0.4) is 0 Å². The van der Waals surface area contributed by atoms with E-state index in [0.717, 1.165) is 11.3 Å². The van der Waals surface area contributed by atoms with Crippen molar-refractivity contribution in [3.8, 4) is 0 Å². The summed E-state index contributed by atoms with van der Waals surface area (Å²) >= 11 is 0. The molecule has 0 aliphatic carbocycles. The summed E-state index contributed by atoms with van der Waals surface area (Å²) in [6.07, 6.45) is -4.15. The molecule has 1 aliphatic heterocycles. The van der Waals surface area contributed by atoms with E-state index in [1.54, 1.807) is 0 Å². The van der Waals surface area contributed by atoms with Crippen LogP contribution in [0.25, 0.3) is 0 Å². The fourth-order valence-electron chi connectivity index (χ4n) is 1.96. The fraction of sp³-hybridized carbons (Fsp3) is 0.455. The highest BCUT2D eigenvalue weighted by atomic mass is 32.2. The zero-order valence-electron chi connectivity index (χ0n) is 10.4. The van der Waals surface area contributed by atoms with Crippen molar-refractivity contribution in [3.63, 3.8) is 0 Å². The largest absolute Gasteiger partial charge is 0.402 e. The van der Waals surface area contributed by atoms with Crippen molar-refractivity contribution < 1.29 is 21.6 Å². The van der Waals surface area contributed by atoms with Gasteiger partial charge in [-0.25, -0.2) is 0 Å². The molecule has 0 fully saturated rings. The van der Waals surface area contributed by atoms with Gasteiger partial charge in [0.25, 0.3) is 10.2 Å². The van der Waals surface area contributed by atoms with Gasteiger partial charge in [-0.15, -0.1) is 0 Å². The molecule has 0 amide bonds. The Kier molecular flexibility index (Phi) is 4.21. The molecule has 0 radical (unpaired) electrons. The molecule has 1 heterocycles. The molecule has 5 nitrogen and oxygen atoms in total. The Labute approximate surface area is 114 Å². The standard InChI is InChI=1S/C11H14F3N3O2S/c12-11(13,14)7-16-20(18,19)17-9-5-8-3-1-2-4-10(8)15-6-9/h1-4,9,15-17H,5-7H2. The minimum absolute atomic E-state index is 0.323. The Morgan fingerprint density at radius 3 is 2.70 bits per heavy atom. The number of hydrogen-bond acceptors (Lipinski definition) is 3. The summed E-state index contributed by atoms with van der Waals surface area (Å²) in [6.45, 7) is -1.26. The number of hydrogen-bond donors (Lipinski definition) is 3. The molecular formula is C11H14F3N3O2S. The Morgan fingerprint density at radius 2 is 2.00 bits per heavy atom. The van der Waals surface area contributed by atoms with Crippen LogP contribution in [0.15, 0.2) is 24.3 Å². The third-order valence-corrected chi connectivity index (χ3v) is 3.98. The summed E-state index contributed by atoms with van der Waals surface area (Å²) in [4.78, 5) is 0. The van der Waals surface area contributed by atoms with E-state index < -0.39 is 29.0 Å². The molecule has 0 spiro atoms. The highest BCUT2D eigenvalue weighted by Gasteiger charge is 2.30. The zero-order chi connectivity index (χ0) is 14.8. The molecule has 0 aromatic heterocycles. The van der Waals surface area contributed by atoms with Gasteiger partial charge in [0.1, 0.15) is 6.54 Å². The van der Waals surface area contributed by atoms with Gasteiger partial charge in [-0.1, -0.05) is 18.2 Å². The number of para-hydroxylation sites is 1. The number of nitrogens with one attached hydrogen (secondary N) is 3. The monoisotopic (exact) mass is 309 g/mol. The lowest BCUT2D eigenvalue weighted by atomic mass is 10.0. The molecular weight excluding hydrogens is 295 g/mol. The number of alkyl halides is 3. The van der Waals surface area contributed by atoms with Crippen LogP contribution in [0.5, 0.6) is 0 Å². The Balaban J connectivity index is 1.95. The molecule has 0 saturated heterocycles. The van der Waals surface area contributed by atoms with E-state index in [9.17, 15) is 21.6 Å². The van der Waals surface area contributed by atoms with Crippen LogP contribution < -0.4 is 14.8 Å². The second-order valence-corrected chi connectivity index (χ2v) is 6.03. The van der Waals surface area contributed by atoms with E-state index in [1.165, 1.54) is 4.72 Å². The molecule has 1 aliphatic rings. The first-order valence-electron chi connectivity index (χ1n) is 5.91. The summed E-state index contributed by atoms with van der Waals surface area (Å²) in [5.74, 6) is 0. The summed E-state index contributed by atoms with van der Waals surface area (Å²) < 4.78 is 62.7. The Morgan fingerprint density at radius 1 is 1.30 bits per heavy atom. The van der Waals surface area contributed by atoms with Crippen LogP contribution in [0, 0.1) is 0 Å². The van der Waals surface area contributed by atoms with Gasteiger partial charge >= 0.3 is 6.18 Å². The third kappa shape index (κ3) is 4.36.